The molecule has 1 heterocycles. The Labute approximate surface area is 142 Å². The molecule has 0 radical (unpaired) electrons. The summed E-state index contributed by atoms with van der Waals surface area (Å²) in [6.07, 6.45) is 0. The fraction of sp³-hybridized carbons (Fsp3) is 0.562. The van der Waals surface area contributed by atoms with Crippen molar-refractivity contribution in [1.29, 1.82) is 0 Å². The van der Waals surface area contributed by atoms with Crippen LogP contribution in [0.25, 0.3) is 0 Å². The van der Waals surface area contributed by atoms with Crippen molar-refractivity contribution in [3.05, 3.63) is 17.7 Å². The Balaban J connectivity index is 1.98. The normalized spacial score (nSPS) is 15.1. The predicted octanol–water partition coefficient (Wildman–Crippen LogP) is 1.31. The summed E-state index contributed by atoms with van der Waals surface area (Å²) in [7, 11) is 4.77. The second-order valence-electron chi connectivity index (χ2n) is 5.12. The molecular formula is C16H24N2O4S. The van der Waals surface area contributed by atoms with Crippen molar-refractivity contribution in [3.63, 3.8) is 0 Å². The van der Waals surface area contributed by atoms with Gasteiger partial charge in [0.25, 0.3) is 0 Å². The van der Waals surface area contributed by atoms with E-state index in [1.165, 1.54) is 0 Å². The van der Waals surface area contributed by atoms with Crippen LogP contribution >= 0.6 is 12.2 Å². The van der Waals surface area contributed by atoms with Gasteiger partial charge in [0.1, 0.15) is 4.99 Å². The summed E-state index contributed by atoms with van der Waals surface area (Å²) < 4.78 is 21.4. The first-order chi connectivity index (χ1) is 11.2. The number of nitrogens with one attached hydrogen (secondary N) is 1. The third-order valence-electron chi connectivity index (χ3n) is 3.74. The highest BCUT2D eigenvalue weighted by atomic mass is 32.1. The molecule has 1 aromatic rings. The number of methoxy groups -OCH3 is 3. The quantitative estimate of drug-likeness (QED) is 0.751. The van der Waals surface area contributed by atoms with E-state index in [-0.39, 0.29) is 0 Å². The van der Waals surface area contributed by atoms with Crippen LogP contribution in [0, 0.1) is 0 Å². The molecule has 0 aromatic heterocycles. The summed E-state index contributed by atoms with van der Waals surface area (Å²) in [4.78, 5) is 3.02. The average molecular weight is 340 g/mol. The average Bonchev–Trinajstić information content (AvgIpc) is 2.61. The standard InChI is InChI=1S/C16H24N2O4S/c1-19-13-10-12(11-14(20-2)15(13)21-3)16(23)17-4-5-18-6-8-22-9-7-18/h10-11H,4-9H2,1-3H3,(H,17,23). The van der Waals surface area contributed by atoms with Gasteiger partial charge in [-0.3, -0.25) is 4.90 Å². The lowest BCUT2D eigenvalue weighted by Crippen LogP contribution is -2.41. The van der Waals surface area contributed by atoms with Crippen LogP contribution in [0.4, 0.5) is 0 Å². The van der Waals surface area contributed by atoms with E-state index in [9.17, 15) is 0 Å². The molecule has 0 saturated carbocycles. The topological polar surface area (TPSA) is 52.2 Å². The molecule has 0 atom stereocenters. The second kappa shape index (κ2) is 8.90. The smallest absolute Gasteiger partial charge is 0.203 e. The number of hydrogen-bond donors (Lipinski definition) is 1. The van der Waals surface area contributed by atoms with Crippen LogP contribution in [0.3, 0.4) is 0 Å². The van der Waals surface area contributed by atoms with Gasteiger partial charge in [-0.2, -0.15) is 0 Å². The van der Waals surface area contributed by atoms with Gasteiger partial charge in [0.15, 0.2) is 11.5 Å². The molecule has 6 nitrogen and oxygen atoms in total. The van der Waals surface area contributed by atoms with Crippen LogP contribution in [0.5, 0.6) is 17.2 Å². The summed E-state index contributed by atoms with van der Waals surface area (Å²) >= 11 is 5.48. The Hall–Kier alpha value is -1.57. The lowest BCUT2D eigenvalue weighted by Gasteiger charge is -2.26. The Kier molecular flexibility index (Phi) is 6.88. The highest BCUT2D eigenvalue weighted by Crippen LogP contribution is 2.38. The number of benzene rings is 1. The summed E-state index contributed by atoms with van der Waals surface area (Å²) in [5, 5.41) is 3.28. The zero-order chi connectivity index (χ0) is 16.7. The molecule has 1 aromatic carbocycles. The summed E-state index contributed by atoms with van der Waals surface area (Å²) in [6.45, 7) is 5.27. The van der Waals surface area contributed by atoms with Crippen LogP contribution in [-0.4, -0.2) is 70.6 Å². The summed E-state index contributed by atoms with van der Waals surface area (Å²) in [6, 6.07) is 3.71. The molecule has 1 aliphatic heterocycles. The number of nitrogens with zero attached hydrogens (tertiary/aromatic N) is 1. The van der Waals surface area contributed by atoms with Crippen LogP contribution in [0.15, 0.2) is 12.1 Å². The zero-order valence-electron chi connectivity index (χ0n) is 13.9. The van der Waals surface area contributed by atoms with E-state index in [1.54, 1.807) is 21.3 Å². The van der Waals surface area contributed by atoms with Crippen LogP contribution in [0.2, 0.25) is 0 Å². The first-order valence-corrected chi connectivity index (χ1v) is 7.98. The van der Waals surface area contributed by atoms with Gasteiger partial charge < -0.3 is 24.3 Å². The molecule has 1 aliphatic rings. The van der Waals surface area contributed by atoms with E-state index in [2.05, 4.69) is 10.2 Å². The molecule has 0 amide bonds. The van der Waals surface area contributed by atoms with Gasteiger partial charge >= 0.3 is 0 Å². The van der Waals surface area contributed by atoms with Gasteiger partial charge in [0.05, 0.1) is 34.5 Å². The minimum atomic E-state index is 0.565. The molecule has 1 saturated heterocycles. The largest absolute Gasteiger partial charge is 0.493 e. The van der Waals surface area contributed by atoms with E-state index in [0.29, 0.717) is 22.2 Å². The molecule has 23 heavy (non-hydrogen) atoms. The van der Waals surface area contributed by atoms with E-state index in [1.807, 2.05) is 12.1 Å². The van der Waals surface area contributed by atoms with Crippen molar-refractivity contribution < 1.29 is 18.9 Å². The number of thiocarbonyl (C=S) groups is 1. The molecule has 0 aliphatic carbocycles. The monoisotopic (exact) mass is 340 g/mol. The highest BCUT2D eigenvalue weighted by Gasteiger charge is 2.15. The number of ether oxygens (including phenoxy) is 4. The SMILES string of the molecule is COc1cc(C(=S)NCCN2CCOCC2)cc(OC)c1OC. The summed E-state index contributed by atoms with van der Waals surface area (Å²) in [5.41, 5.74) is 0.844. The van der Waals surface area contributed by atoms with Crippen molar-refractivity contribution in [2.75, 3.05) is 60.7 Å². The van der Waals surface area contributed by atoms with Crippen molar-refractivity contribution in [2.24, 2.45) is 0 Å². The van der Waals surface area contributed by atoms with Crippen molar-refractivity contribution in [3.8, 4) is 17.2 Å². The molecule has 2 rings (SSSR count). The molecule has 0 spiro atoms. The Morgan fingerprint density at radius 1 is 1.13 bits per heavy atom. The zero-order valence-corrected chi connectivity index (χ0v) is 14.7. The lowest BCUT2D eigenvalue weighted by atomic mass is 10.1. The predicted molar refractivity (Wildman–Crippen MR) is 93.1 cm³/mol. The first kappa shape index (κ1) is 17.8. The first-order valence-electron chi connectivity index (χ1n) is 7.58. The maximum absolute atomic E-state index is 5.48. The van der Waals surface area contributed by atoms with Crippen LogP contribution in [-0.2, 0) is 4.74 Å². The molecule has 128 valence electrons. The van der Waals surface area contributed by atoms with Gasteiger partial charge in [-0.15, -0.1) is 0 Å². The van der Waals surface area contributed by atoms with Gasteiger partial charge in [0, 0.05) is 31.7 Å². The van der Waals surface area contributed by atoms with E-state index < -0.39 is 0 Å². The fourth-order valence-corrected chi connectivity index (χ4v) is 2.69. The fourth-order valence-electron chi connectivity index (χ4n) is 2.47. The van der Waals surface area contributed by atoms with Crippen molar-refractivity contribution >= 4 is 17.2 Å². The van der Waals surface area contributed by atoms with Crippen molar-refractivity contribution in [2.45, 2.75) is 0 Å². The Morgan fingerprint density at radius 2 is 1.74 bits per heavy atom. The minimum Gasteiger partial charge on any atom is -0.493 e. The molecule has 7 heteroatoms. The van der Waals surface area contributed by atoms with E-state index >= 15 is 0 Å². The molecule has 0 unspecified atom stereocenters. The Bertz CT molecular complexity index is 508. The van der Waals surface area contributed by atoms with Gasteiger partial charge in [-0.25, -0.2) is 0 Å². The van der Waals surface area contributed by atoms with Crippen LogP contribution < -0.4 is 19.5 Å². The molecule has 1 fully saturated rings. The molecule has 0 bridgehead atoms. The van der Waals surface area contributed by atoms with E-state index in [0.717, 1.165) is 45.0 Å². The highest BCUT2D eigenvalue weighted by molar-refractivity contribution is 7.80. The number of rotatable bonds is 7. The lowest BCUT2D eigenvalue weighted by molar-refractivity contribution is 0.0389. The van der Waals surface area contributed by atoms with Gasteiger partial charge in [-0.1, -0.05) is 12.2 Å². The third-order valence-corrected chi connectivity index (χ3v) is 4.12. The maximum atomic E-state index is 5.48. The number of morpholine rings is 1. The van der Waals surface area contributed by atoms with Crippen molar-refractivity contribution in [1.82, 2.24) is 10.2 Å². The summed E-state index contributed by atoms with van der Waals surface area (Å²) in [5.74, 6) is 1.76. The molecular weight excluding hydrogens is 316 g/mol. The van der Waals surface area contributed by atoms with E-state index in [4.69, 9.17) is 31.2 Å². The maximum Gasteiger partial charge on any atom is 0.203 e. The number of hydrogen-bond acceptors (Lipinski definition) is 6. The van der Waals surface area contributed by atoms with Gasteiger partial charge in [0.2, 0.25) is 5.75 Å². The third kappa shape index (κ3) is 4.70. The van der Waals surface area contributed by atoms with Crippen LogP contribution in [0.1, 0.15) is 5.56 Å². The van der Waals surface area contributed by atoms with Gasteiger partial charge in [-0.05, 0) is 12.1 Å². The molecule has 1 N–H and O–H groups in total. The Morgan fingerprint density at radius 3 is 2.26 bits per heavy atom. The minimum absolute atomic E-state index is 0.565. The second-order valence-corrected chi connectivity index (χ2v) is 5.53.